The van der Waals surface area contributed by atoms with Crippen molar-refractivity contribution in [1.29, 1.82) is 0 Å². The topological polar surface area (TPSA) is 95.5 Å². The van der Waals surface area contributed by atoms with Gasteiger partial charge in [-0.05, 0) is 93.1 Å². The van der Waals surface area contributed by atoms with E-state index < -0.39 is 18.0 Å². The fourth-order valence-electron chi connectivity index (χ4n) is 3.00. The van der Waals surface area contributed by atoms with E-state index in [1.165, 1.54) is 6.21 Å². The number of hydrazone groups is 1. The van der Waals surface area contributed by atoms with E-state index in [-0.39, 0.29) is 5.75 Å². The van der Waals surface area contributed by atoms with Crippen LogP contribution in [0.1, 0.15) is 36.7 Å². The summed E-state index contributed by atoms with van der Waals surface area (Å²) in [7, 11) is 0. The van der Waals surface area contributed by atoms with E-state index in [4.69, 9.17) is 30.5 Å². The number of benzene rings is 3. The summed E-state index contributed by atoms with van der Waals surface area (Å²) in [6.07, 6.45) is 0.680. The lowest BCUT2D eigenvalue weighted by molar-refractivity contribution is -0.127. The monoisotopic (exact) mass is 510 g/mol. The molecule has 0 heterocycles. The van der Waals surface area contributed by atoms with Gasteiger partial charge in [-0.15, -0.1) is 0 Å². The quantitative estimate of drug-likeness (QED) is 0.163. The highest BCUT2D eigenvalue weighted by Gasteiger charge is 2.15. The van der Waals surface area contributed by atoms with Crippen LogP contribution in [-0.4, -0.2) is 37.4 Å². The zero-order valence-electron chi connectivity index (χ0n) is 20.2. The number of halogens is 1. The molecule has 0 bridgehead atoms. The maximum Gasteiger partial charge on any atom is 0.343 e. The Kier molecular flexibility index (Phi) is 9.71. The van der Waals surface area contributed by atoms with Gasteiger partial charge >= 0.3 is 5.97 Å². The van der Waals surface area contributed by atoms with Gasteiger partial charge in [-0.2, -0.15) is 5.10 Å². The summed E-state index contributed by atoms with van der Waals surface area (Å²) in [6.45, 7) is 6.22. The molecule has 1 N–H and O–H groups in total. The standard InChI is InChI=1S/C27H27ClN2O6/c1-4-33-22-11-7-20(8-12-22)27(32)36-24-15-6-19(16-25(24)34-5-2)17-29-30-26(31)18(3)35-23-13-9-21(28)10-14-23/h6-18H,4-5H2,1-3H3,(H,30,31)/b29-17-/t18-/m1/s1. The Labute approximate surface area is 214 Å². The van der Waals surface area contributed by atoms with Crippen LogP contribution in [0.2, 0.25) is 5.02 Å². The molecule has 0 saturated carbocycles. The number of hydrogen-bond donors (Lipinski definition) is 1. The van der Waals surface area contributed by atoms with Gasteiger partial charge in [-0.3, -0.25) is 4.79 Å². The predicted octanol–water partition coefficient (Wildman–Crippen LogP) is 5.27. The van der Waals surface area contributed by atoms with Gasteiger partial charge in [-0.1, -0.05) is 11.6 Å². The van der Waals surface area contributed by atoms with Gasteiger partial charge in [0.05, 0.1) is 25.0 Å². The van der Waals surface area contributed by atoms with Crippen molar-refractivity contribution in [2.24, 2.45) is 5.10 Å². The van der Waals surface area contributed by atoms with Crippen LogP contribution in [0.25, 0.3) is 0 Å². The molecule has 8 nitrogen and oxygen atoms in total. The van der Waals surface area contributed by atoms with Crippen molar-refractivity contribution in [2.45, 2.75) is 26.9 Å². The molecule has 3 rings (SSSR count). The van der Waals surface area contributed by atoms with Crippen molar-refractivity contribution >= 4 is 29.7 Å². The lowest BCUT2D eigenvalue weighted by Crippen LogP contribution is -2.33. The van der Waals surface area contributed by atoms with Crippen LogP contribution >= 0.6 is 11.6 Å². The van der Waals surface area contributed by atoms with E-state index in [0.717, 1.165) is 0 Å². The van der Waals surface area contributed by atoms with E-state index >= 15 is 0 Å². The molecular formula is C27H27ClN2O6. The van der Waals surface area contributed by atoms with Crippen molar-refractivity contribution in [3.05, 3.63) is 82.9 Å². The van der Waals surface area contributed by atoms with Crippen LogP contribution in [0.5, 0.6) is 23.0 Å². The van der Waals surface area contributed by atoms with Crippen LogP contribution in [0.4, 0.5) is 0 Å². The van der Waals surface area contributed by atoms with Crippen molar-refractivity contribution in [1.82, 2.24) is 5.43 Å². The molecule has 0 fully saturated rings. The minimum atomic E-state index is -0.772. The molecule has 3 aromatic carbocycles. The van der Waals surface area contributed by atoms with Crippen molar-refractivity contribution in [3.8, 4) is 23.0 Å². The van der Waals surface area contributed by atoms with Gasteiger partial charge in [-0.25, -0.2) is 10.2 Å². The second-order valence-electron chi connectivity index (χ2n) is 7.43. The summed E-state index contributed by atoms with van der Waals surface area (Å²) in [4.78, 5) is 24.8. The van der Waals surface area contributed by atoms with E-state index in [9.17, 15) is 9.59 Å². The highest BCUT2D eigenvalue weighted by molar-refractivity contribution is 6.30. The molecule has 0 spiro atoms. The number of carbonyl (C=O) groups excluding carboxylic acids is 2. The molecule has 9 heteroatoms. The fourth-order valence-corrected chi connectivity index (χ4v) is 3.13. The first-order chi connectivity index (χ1) is 17.4. The molecule has 0 saturated heterocycles. The second kappa shape index (κ2) is 13.2. The third-order valence-electron chi connectivity index (χ3n) is 4.76. The largest absolute Gasteiger partial charge is 0.494 e. The van der Waals surface area contributed by atoms with Gasteiger partial charge in [0.25, 0.3) is 5.91 Å². The molecule has 0 aromatic heterocycles. The second-order valence-corrected chi connectivity index (χ2v) is 7.87. The Bertz CT molecular complexity index is 1200. The normalized spacial score (nSPS) is 11.6. The average Bonchev–Trinajstić information content (AvgIpc) is 2.87. The minimum absolute atomic E-state index is 0.266. The van der Waals surface area contributed by atoms with E-state index in [2.05, 4.69) is 10.5 Å². The predicted molar refractivity (Wildman–Crippen MR) is 137 cm³/mol. The van der Waals surface area contributed by atoms with E-state index in [0.29, 0.717) is 46.6 Å². The smallest absolute Gasteiger partial charge is 0.343 e. The van der Waals surface area contributed by atoms with Gasteiger partial charge in [0.15, 0.2) is 17.6 Å². The van der Waals surface area contributed by atoms with Crippen LogP contribution in [-0.2, 0) is 4.79 Å². The molecule has 0 aliphatic rings. The first-order valence-corrected chi connectivity index (χ1v) is 11.7. The first-order valence-electron chi connectivity index (χ1n) is 11.4. The van der Waals surface area contributed by atoms with E-state index in [1.807, 2.05) is 13.8 Å². The zero-order valence-corrected chi connectivity index (χ0v) is 21.0. The minimum Gasteiger partial charge on any atom is -0.494 e. The van der Waals surface area contributed by atoms with Crippen LogP contribution < -0.4 is 24.4 Å². The molecular weight excluding hydrogens is 484 g/mol. The molecule has 1 atom stereocenters. The average molecular weight is 511 g/mol. The summed E-state index contributed by atoms with van der Waals surface area (Å²) in [5, 5.41) is 4.56. The number of rotatable bonds is 11. The van der Waals surface area contributed by atoms with Crippen molar-refractivity contribution < 1.29 is 28.5 Å². The first kappa shape index (κ1) is 26.6. The molecule has 0 aliphatic carbocycles. The van der Waals surface area contributed by atoms with Gasteiger partial charge in [0.2, 0.25) is 0 Å². The number of amides is 1. The summed E-state index contributed by atoms with van der Waals surface area (Å²) in [6, 6.07) is 18.3. The molecule has 1 amide bonds. The Morgan fingerprint density at radius 3 is 2.25 bits per heavy atom. The molecule has 3 aromatic rings. The Hall–Kier alpha value is -4.04. The van der Waals surface area contributed by atoms with Gasteiger partial charge in [0.1, 0.15) is 11.5 Å². The number of nitrogens with zero attached hydrogens (tertiary/aromatic N) is 1. The lowest BCUT2D eigenvalue weighted by atomic mass is 10.2. The number of nitrogens with one attached hydrogen (secondary N) is 1. The molecule has 0 aliphatic heterocycles. The van der Waals surface area contributed by atoms with Gasteiger partial charge < -0.3 is 18.9 Å². The lowest BCUT2D eigenvalue weighted by Gasteiger charge is -2.13. The highest BCUT2D eigenvalue weighted by Crippen LogP contribution is 2.29. The Morgan fingerprint density at radius 1 is 0.917 bits per heavy atom. The van der Waals surface area contributed by atoms with Gasteiger partial charge in [0, 0.05) is 5.02 Å². The number of ether oxygens (including phenoxy) is 4. The summed E-state index contributed by atoms with van der Waals surface area (Å²) >= 11 is 5.85. The summed E-state index contributed by atoms with van der Waals surface area (Å²) in [5.41, 5.74) is 3.45. The van der Waals surface area contributed by atoms with Crippen LogP contribution in [0.3, 0.4) is 0 Å². The molecule has 188 valence electrons. The fraction of sp³-hybridized carbons (Fsp3) is 0.222. The molecule has 36 heavy (non-hydrogen) atoms. The number of hydrogen-bond acceptors (Lipinski definition) is 7. The number of carbonyl (C=O) groups is 2. The maximum absolute atomic E-state index is 12.6. The summed E-state index contributed by atoms with van der Waals surface area (Å²) in [5.74, 6) is 0.872. The molecule has 0 unspecified atom stereocenters. The SMILES string of the molecule is CCOc1ccc(C(=O)Oc2ccc(/C=N\NC(=O)[C@@H](C)Oc3ccc(Cl)cc3)cc2OCC)cc1. The third-order valence-corrected chi connectivity index (χ3v) is 5.01. The van der Waals surface area contributed by atoms with Crippen LogP contribution in [0, 0.1) is 0 Å². The third kappa shape index (κ3) is 7.74. The molecule has 0 radical (unpaired) electrons. The summed E-state index contributed by atoms with van der Waals surface area (Å²) < 4.78 is 22.1. The van der Waals surface area contributed by atoms with Crippen LogP contribution in [0.15, 0.2) is 71.8 Å². The Balaban J connectivity index is 1.61. The zero-order chi connectivity index (χ0) is 25.9. The van der Waals surface area contributed by atoms with Crippen molar-refractivity contribution in [2.75, 3.05) is 13.2 Å². The Morgan fingerprint density at radius 2 is 1.58 bits per heavy atom. The van der Waals surface area contributed by atoms with E-state index in [1.54, 1.807) is 73.7 Å². The number of esters is 1. The highest BCUT2D eigenvalue weighted by atomic mass is 35.5. The maximum atomic E-state index is 12.6. The van der Waals surface area contributed by atoms with Crippen molar-refractivity contribution in [3.63, 3.8) is 0 Å².